The van der Waals surface area contributed by atoms with Crippen LogP contribution in [-0.2, 0) is 11.8 Å². The Bertz CT molecular complexity index is 902. The summed E-state index contributed by atoms with van der Waals surface area (Å²) in [5.74, 6) is 1.02. The van der Waals surface area contributed by atoms with E-state index in [4.69, 9.17) is 9.47 Å². The van der Waals surface area contributed by atoms with Gasteiger partial charge in [-0.25, -0.2) is 0 Å². The molecule has 2 aliphatic heterocycles. The summed E-state index contributed by atoms with van der Waals surface area (Å²) in [5, 5.41) is 4.08. The third-order valence-electron chi connectivity index (χ3n) is 4.90. The number of nitrogens with zero attached hydrogens (tertiary/aromatic N) is 3. The number of ether oxygens (including phenoxy) is 2. The van der Waals surface area contributed by atoms with Crippen molar-refractivity contribution in [1.82, 2.24) is 14.7 Å². The third kappa shape index (κ3) is 3.72. The number of hydrogen-bond donors (Lipinski definition) is 0. The molecule has 1 fully saturated rings. The molecule has 3 heterocycles. The smallest absolute Gasteiger partial charge is 0.246 e. The second-order valence-corrected chi connectivity index (χ2v) is 6.84. The number of benzene rings is 1. The second kappa shape index (κ2) is 7.26. The predicted molar refractivity (Wildman–Crippen MR) is 98.4 cm³/mol. The number of fused-ring (bicyclic) bond motifs is 1. The Morgan fingerprint density at radius 1 is 1.26 bits per heavy atom. The molecule has 0 N–H and O–H groups in total. The van der Waals surface area contributed by atoms with Crippen molar-refractivity contribution >= 4 is 17.8 Å². The summed E-state index contributed by atoms with van der Waals surface area (Å²) in [7, 11) is 1.83. The molecule has 4 rings (SSSR count). The van der Waals surface area contributed by atoms with Crippen molar-refractivity contribution in [2.45, 2.75) is 12.8 Å². The zero-order valence-electron chi connectivity index (χ0n) is 15.1. The van der Waals surface area contributed by atoms with Crippen molar-refractivity contribution in [1.29, 1.82) is 0 Å². The maximum absolute atomic E-state index is 12.9. The molecule has 0 saturated carbocycles. The predicted octanol–water partition coefficient (Wildman–Crippen LogP) is 2.28. The van der Waals surface area contributed by atoms with Gasteiger partial charge in [0.15, 0.2) is 17.3 Å². The molecule has 0 aliphatic carbocycles. The van der Waals surface area contributed by atoms with Crippen LogP contribution in [0, 0.1) is 5.92 Å². The molecule has 0 unspecified atom stereocenters. The van der Waals surface area contributed by atoms with E-state index in [0.717, 1.165) is 18.4 Å². The quantitative estimate of drug-likeness (QED) is 0.612. The van der Waals surface area contributed by atoms with Crippen LogP contribution >= 0.6 is 0 Å². The van der Waals surface area contributed by atoms with Crippen molar-refractivity contribution in [2.75, 3.05) is 19.9 Å². The number of carbonyl (C=O) groups excluding carboxylic acids is 2. The maximum atomic E-state index is 12.9. The molecule has 0 radical (unpaired) electrons. The monoisotopic (exact) mass is 367 g/mol. The van der Waals surface area contributed by atoms with Gasteiger partial charge >= 0.3 is 0 Å². The lowest BCUT2D eigenvalue weighted by atomic mass is 9.90. The SMILES string of the molecule is Cn1cc(/C=C/C(=O)N2CCC[C@@H](C(=O)c3ccc4c(c3)OCO4)C2)cn1. The van der Waals surface area contributed by atoms with Gasteiger partial charge in [-0.15, -0.1) is 0 Å². The molecule has 1 aromatic carbocycles. The van der Waals surface area contributed by atoms with Crippen LogP contribution in [0.3, 0.4) is 0 Å². The van der Waals surface area contributed by atoms with Crippen molar-refractivity contribution in [3.63, 3.8) is 0 Å². The third-order valence-corrected chi connectivity index (χ3v) is 4.90. The Morgan fingerprint density at radius 3 is 2.93 bits per heavy atom. The zero-order chi connectivity index (χ0) is 18.8. The topological polar surface area (TPSA) is 73.7 Å². The van der Waals surface area contributed by atoms with E-state index in [-0.39, 0.29) is 24.4 Å². The van der Waals surface area contributed by atoms with Gasteiger partial charge < -0.3 is 14.4 Å². The molecule has 1 atom stereocenters. The van der Waals surface area contributed by atoms with Crippen LogP contribution < -0.4 is 9.47 Å². The first kappa shape index (κ1) is 17.3. The van der Waals surface area contributed by atoms with E-state index in [1.807, 2.05) is 13.2 Å². The van der Waals surface area contributed by atoms with Crippen molar-refractivity contribution in [3.8, 4) is 11.5 Å². The second-order valence-electron chi connectivity index (χ2n) is 6.84. The molecule has 1 amide bonds. The van der Waals surface area contributed by atoms with Crippen molar-refractivity contribution in [2.24, 2.45) is 13.0 Å². The summed E-state index contributed by atoms with van der Waals surface area (Å²) in [6, 6.07) is 5.25. The fraction of sp³-hybridized carbons (Fsp3) is 0.350. The fourth-order valence-electron chi connectivity index (χ4n) is 3.48. The number of hydrogen-bond acceptors (Lipinski definition) is 5. The highest BCUT2D eigenvalue weighted by Gasteiger charge is 2.29. The molecule has 1 aromatic heterocycles. The maximum Gasteiger partial charge on any atom is 0.246 e. The largest absolute Gasteiger partial charge is 0.454 e. The number of likely N-dealkylation sites (tertiary alicyclic amines) is 1. The van der Waals surface area contributed by atoms with Crippen LogP contribution in [0.15, 0.2) is 36.7 Å². The highest BCUT2D eigenvalue weighted by Crippen LogP contribution is 2.33. The van der Waals surface area contributed by atoms with E-state index in [0.29, 0.717) is 30.2 Å². The molecule has 2 aliphatic rings. The molecule has 140 valence electrons. The van der Waals surface area contributed by atoms with Gasteiger partial charge in [0, 0.05) is 49.5 Å². The minimum atomic E-state index is -0.199. The van der Waals surface area contributed by atoms with Gasteiger partial charge in [0.2, 0.25) is 12.7 Å². The van der Waals surface area contributed by atoms with Gasteiger partial charge in [0.1, 0.15) is 0 Å². The molecule has 7 heteroatoms. The Labute approximate surface area is 157 Å². The molecular weight excluding hydrogens is 346 g/mol. The molecular formula is C20H21N3O4. The highest BCUT2D eigenvalue weighted by molar-refractivity contribution is 5.99. The normalized spacial score (nSPS) is 18.9. The summed E-state index contributed by atoms with van der Waals surface area (Å²) in [5.41, 5.74) is 1.47. The van der Waals surface area contributed by atoms with Gasteiger partial charge in [0.05, 0.1) is 6.20 Å². The molecule has 0 bridgehead atoms. The van der Waals surface area contributed by atoms with E-state index in [1.54, 1.807) is 46.1 Å². The molecule has 1 saturated heterocycles. The van der Waals surface area contributed by atoms with Crippen molar-refractivity contribution in [3.05, 3.63) is 47.8 Å². The summed E-state index contributed by atoms with van der Waals surface area (Å²) >= 11 is 0. The minimum Gasteiger partial charge on any atom is -0.454 e. The molecule has 0 spiro atoms. The number of ketones is 1. The first-order chi connectivity index (χ1) is 13.1. The van der Waals surface area contributed by atoms with E-state index in [9.17, 15) is 9.59 Å². The molecule has 2 aromatic rings. The Kier molecular flexibility index (Phi) is 4.66. The van der Waals surface area contributed by atoms with Crippen LogP contribution in [0.5, 0.6) is 11.5 Å². The molecule has 7 nitrogen and oxygen atoms in total. The first-order valence-corrected chi connectivity index (χ1v) is 8.99. The van der Waals surface area contributed by atoms with Crippen LogP contribution in [0.2, 0.25) is 0 Å². The summed E-state index contributed by atoms with van der Waals surface area (Å²) < 4.78 is 12.3. The lowest BCUT2D eigenvalue weighted by Gasteiger charge is -2.31. The van der Waals surface area contributed by atoms with E-state index in [2.05, 4.69) is 5.10 Å². The minimum absolute atomic E-state index is 0.0436. The fourth-order valence-corrected chi connectivity index (χ4v) is 3.48. The van der Waals surface area contributed by atoms with Gasteiger partial charge in [0.25, 0.3) is 0 Å². The highest BCUT2D eigenvalue weighted by atomic mass is 16.7. The number of carbonyl (C=O) groups is 2. The first-order valence-electron chi connectivity index (χ1n) is 8.99. The Morgan fingerprint density at radius 2 is 2.11 bits per heavy atom. The number of amides is 1. The van der Waals surface area contributed by atoms with Crippen LogP contribution in [0.1, 0.15) is 28.8 Å². The number of Topliss-reactive ketones (excluding diaryl/α,β-unsaturated/α-hetero) is 1. The average molecular weight is 367 g/mol. The van der Waals surface area contributed by atoms with Crippen molar-refractivity contribution < 1.29 is 19.1 Å². The summed E-state index contributed by atoms with van der Waals surface area (Å²) in [4.78, 5) is 27.1. The van der Waals surface area contributed by atoms with Crippen LogP contribution in [-0.4, -0.2) is 46.3 Å². The van der Waals surface area contributed by atoms with Crippen LogP contribution in [0.25, 0.3) is 6.08 Å². The van der Waals surface area contributed by atoms with Gasteiger partial charge in [-0.05, 0) is 37.1 Å². The lowest BCUT2D eigenvalue weighted by Crippen LogP contribution is -2.41. The van der Waals surface area contributed by atoms with Gasteiger partial charge in [-0.2, -0.15) is 5.10 Å². The standard InChI is InChI=1S/C20H21N3O4/c1-22-11-14(10-21-22)4-7-19(24)23-8-2-3-16(12-23)20(25)15-5-6-17-18(9-15)27-13-26-17/h4-7,9-11,16H,2-3,8,12-13H2,1H3/b7-4+/t16-/m1/s1. The zero-order valence-corrected chi connectivity index (χ0v) is 15.1. The van der Waals surface area contributed by atoms with Gasteiger partial charge in [-0.1, -0.05) is 0 Å². The average Bonchev–Trinajstić information content (AvgIpc) is 3.33. The number of aromatic nitrogens is 2. The Balaban J connectivity index is 1.42. The Hall–Kier alpha value is -3.09. The number of piperidine rings is 1. The molecule has 27 heavy (non-hydrogen) atoms. The van der Waals surface area contributed by atoms with E-state index < -0.39 is 0 Å². The summed E-state index contributed by atoms with van der Waals surface area (Å²) in [6.07, 6.45) is 8.43. The lowest BCUT2D eigenvalue weighted by molar-refractivity contribution is -0.127. The van der Waals surface area contributed by atoms with E-state index in [1.165, 1.54) is 0 Å². The number of aryl methyl sites for hydroxylation is 1. The summed E-state index contributed by atoms with van der Waals surface area (Å²) in [6.45, 7) is 1.28. The van der Waals surface area contributed by atoms with E-state index >= 15 is 0 Å². The van der Waals surface area contributed by atoms with Gasteiger partial charge in [-0.3, -0.25) is 14.3 Å². The number of rotatable bonds is 4. The van der Waals surface area contributed by atoms with Crippen LogP contribution in [0.4, 0.5) is 0 Å².